The van der Waals surface area contributed by atoms with Gasteiger partial charge in [0.15, 0.2) is 0 Å². The largest absolute Gasteiger partial charge is 0.395 e. The molecule has 1 N–H and O–H groups in total. The number of piperazine rings is 1. The SMILES string of the molecule is Cc1ccc(C2=C(N3CCN(CCO)CC3)C(=O)N(CC3CCCO3)C2=O)cc1C. The molecule has 3 aliphatic rings. The van der Waals surface area contributed by atoms with E-state index >= 15 is 0 Å². The van der Waals surface area contributed by atoms with Crippen LogP contribution in [0.5, 0.6) is 0 Å². The highest BCUT2D eigenvalue weighted by atomic mass is 16.5. The molecule has 4 rings (SSSR count). The molecule has 2 fully saturated rings. The minimum absolute atomic E-state index is 0.0698. The molecule has 0 radical (unpaired) electrons. The Kier molecular flexibility index (Phi) is 6.22. The number of hydrogen-bond donors (Lipinski definition) is 1. The van der Waals surface area contributed by atoms with Crippen LogP contribution in [0, 0.1) is 13.8 Å². The van der Waals surface area contributed by atoms with Crippen LogP contribution in [0.4, 0.5) is 0 Å². The van der Waals surface area contributed by atoms with Gasteiger partial charge in [0.25, 0.3) is 11.8 Å². The molecule has 162 valence electrons. The lowest BCUT2D eigenvalue weighted by Gasteiger charge is -2.36. The summed E-state index contributed by atoms with van der Waals surface area (Å²) in [5.74, 6) is -0.425. The molecular formula is C23H31N3O4. The molecule has 0 spiro atoms. The van der Waals surface area contributed by atoms with Crippen LogP contribution in [0.2, 0.25) is 0 Å². The summed E-state index contributed by atoms with van der Waals surface area (Å²) in [6, 6.07) is 5.96. The van der Waals surface area contributed by atoms with Gasteiger partial charge in [-0.25, -0.2) is 0 Å². The van der Waals surface area contributed by atoms with Crippen LogP contribution in [-0.2, 0) is 14.3 Å². The first-order chi connectivity index (χ1) is 14.5. The number of β-amino-alcohol motifs (C(OH)–C–C–N with tert-alkyl or cyclic N) is 1. The van der Waals surface area contributed by atoms with Gasteiger partial charge in [-0.3, -0.25) is 19.4 Å². The Bertz CT molecular complexity index is 852. The number of hydrogen-bond acceptors (Lipinski definition) is 6. The average Bonchev–Trinajstić information content (AvgIpc) is 3.33. The Morgan fingerprint density at radius 1 is 1.07 bits per heavy atom. The molecule has 0 aliphatic carbocycles. The molecule has 3 aliphatic heterocycles. The van der Waals surface area contributed by atoms with Crippen LogP contribution in [-0.4, -0.2) is 90.2 Å². The Hall–Kier alpha value is -2.22. The van der Waals surface area contributed by atoms with Crippen molar-refractivity contribution >= 4 is 17.4 Å². The first kappa shape index (κ1) is 21.0. The standard InChI is InChI=1S/C23H31N3O4/c1-16-5-6-18(14-17(16)2)20-21(25-9-7-24(8-10-25)11-12-27)23(29)26(22(20)28)15-19-4-3-13-30-19/h5-6,14,19,27H,3-4,7-13,15H2,1-2H3. The Labute approximate surface area is 177 Å². The van der Waals surface area contributed by atoms with Crippen LogP contribution in [0.15, 0.2) is 23.9 Å². The molecule has 0 bridgehead atoms. The van der Waals surface area contributed by atoms with E-state index in [4.69, 9.17) is 4.74 Å². The minimum Gasteiger partial charge on any atom is -0.395 e. The Balaban J connectivity index is 1.66. The van der Waals surface area contributed by atoms with Gasteiger partial charge in [0.2, 0.25) is 0 Å². The summed E-state index contributed by atoms with van der Waals surface area (Å²) >= 11 is 0. The molecule has 0 saturated carbocycles. The maximum atomic E-state index is 13.4. The molecule has 7 heteroatoms. The van der Waals surface area contributed by atoms with Crippen molar-refractivity contribution in [3.63, 3.8) is 0 Å². The lowest BCUT2D eigenvalue weighted by molar-refractivity contribution is -0.139. The quantitative estimate of drug-likeness (QED) is 0.706. The molecule has 0 aromatic heterocycles. The van der Waals surface area contributed by atoms with Crippen LogP contribution in [0.3, 0.4) is 0 Å². The summed E-state index contributed by atoms with van der Waals surface area (Å²) in [7, 11) is 0. The number of nitrogens with zero attached hydrogens (tertiary/aromatic N) is 3. The monoisotopic (exact) mass is 413 g/mol. The van der Waals surface area contributed by atoms with Gasteiger partial charge in [0.05, 0.1) is 24.8 Å². The minimum atomic E-state index is -0.216. The smallest absolute Gasteiger partial charge is 0.277 e. The molecule has 1 aromatic rings. The topological polar surface area (TPSA) is 73.3 Å². The van der Waals surface area contributed by atoms with E-state index in [9.17, 15) is 14.7 Å². The van der Waals surface area contributed by atoms with E-state index in [0.717, 1.165) is 42.6 Å². The number of benzene rings is 1. The van der Waals surface area contributed by atoms with Gasteiger partial charge < -0.3 is 14.7 Å². The van der Waals surface area contributed by atoms with E-state index in [1.807, 2.05) is 36.9 Å². The lowest BCUT2D eigenvalue weighted by Crippen LogP contribution is -2.48. The first-order valence-electron chi connectivity index (χ1n) is 10.9. The number of carbonyl (C=O) groups excluding carboxylic acids is 2. The van der Waals surface area contributed by atoms with Crippen molar-refractivity contribution < 1.29 is 19.4 Å². The fourth-order valence-corrected chi connectivity index (χ4v) is 4.51. The van der Waals surface area contributed by atoms with Gasteiger partial charge in [-0.15, -0.1) is 0 Å². The van der Waals surface area contributed by atoms with Gasteiger partial charge >= 0.3 is 0 Å². The van der Waals surface area contributed by atoms with E-state index in [1.54, 1.807) is 0 Å². The molecule has 30 heavy (non-hydrogen) atoms. The molecule has 1 unspecified atom stereocenters. The maximum Gasteiger partial charge on any atom is 0.277 e. The number of carbonyl (C=O) groups is 2. The third-order valence-electron chi connectivity index (χ3n) is 6.45. The fraction of sp³-hybridized carbons (Fsp3) is 0.565. The van der Waals surface area contributed by atoms with E-state index in [-0.39, 0.29) is 24.5 Å². The highest BCUT2D eigenvalue weighted by molar-refractivity contribution is 6.35. The Morgan fingerprint density at radius 2 is 1.83 bits per heavy atom. The summed E-state index contributed by atoms with van der Waals surface area (Å²) in [4.78, 5) is 32.5. The number of imide groups is 1. The number of amides is 2. The van der Waals surface area contributed by atoms with E-state index in [0.29, 0.717) is 44.1 Å². The number of rotatable bonds is 6. The molecule has 3 heterocycles. The van der Waals surface area contributed by atoms with Gasteiger partial charge in [0, 0.05) is 39.3 Å². The van der Waals surface area contributed by atoms with Gasteiger partial charge in [-0.05, 0) is 43.4 Å². The predicted molar refractivity (Wildman–Crippen MR) is 114 cm³/mol. The molecule has 2 saturated heterocycles. The van der Waals surface area contributed by atoms with Crippen molar-refractivity contribution in [3.8, 4) is 0 Å². The van der Waals surface area contributed by atoms with Crippen molar-refractivity contribution in [3.05, 3.63) is 40.6 Å². The lowest BCUT2D eigenvalue weighted by atomic mass is 9.99. The molecular weight excluding hydrogens is 382 g/mol. The summed E-state index contributed by atoms with van der Waals surface area (Å²) in [5.41, 5.74) is 4.09. The zero-order chi connectivity index (χ0) is 21.3. The van der Waals surface area contributed by atoms with Gasteiger partial charge in [-0.1, -0.05) is 18.2 Å². The first-order valence-corrected chi connectivity index (χ1v) is 10.9. The van der Waals surface area contributed by atoms with Gasteiger partial charge in [-0.2, -0.15) is 0 Å². The van der Waals surface area contributed by atoms with Gasteiger partial charge in [0.1, 0.15) is 5.70 Å². The predicted octanol–water partition coefficient (Wildman–Crippen LogP) is 1.17. The normalized spacial score (nSPS) is 23.2. The van der Waals surface area contributed by atoms with Crippen LogP contribution >= 0.6 is 0 Å². The zero-order valence-corrected chi connectivity index (χ0v) is 17.9. The second-order valence-electron chi connectivity index (χ2n) is 8.43. The number of aliphatic hydroxyl groups is 1. The van der Waals surface area contributed by atoms with Crippen LogP contribution in [0.25, 0.3) is 5.57 Å². The van der Waals surface area contributed by atoms with E-state index < -0.39 is 0 Å². The Morgan fingerprint density at radius 3 is 2.47 bits per heavy atom. The zero-order valence-electron chi connectivity index (χ0n) is 17.9. The van der Waals surface area contributed by atoms with E-state index in [1.165, 1.54) is 4.90 Å². The molecule has 1 aromatic carbocycles. The van der Waals surface area contributed by atoms with Crippen LogP contribution in [0.1, 0.15) is 29.5 Å². The summed E-state index contributed by atoms with van der Waals surface area (Å²) < 4.78 is 5.70. The maximum absolute atomic E-state index is 13.4. The van der Waals surface area contributed by atoms with Crippen molar-refractivity contribution in [2.75, 3.05) is 52.5 Å². The van der Waals surface area contributed by atoms with Crippen molar-refractivity contribution in [1.29, 1.82) is 0 Å². The highest BCUT2D eigenvalue weighted by Crippen LogP contribution is 2.33. The number of aliphatic hydroxyl groups excluding tert-OH is 1. The number of aryl methyl sites for hydroxylation is 2. The second kappa shape index (κ2) is 8.88. The molecule has 2 amide bonds. The third kappa shape index (κ3) is 4.02. The fourth-order valence-electron chi connectivity index (χ4n) is 4.51. The van der Waals surface area contributed by atoms with Crippen molar-refractivity contribution in [2.24, 2.45) is 0 Å². The highest BCUT2D eigenvalue weighted by Gasteiger charge is 2.43. The van der Waals surface area contributed by atoms with Crippen LogP contribution < -0.4 is 0 Å². The number of ether oxygens (including phenoxy) is 1. The average molecular weight is 414 g/mol. The molecule has 1 atom stereocenters. The van der Waals surface area contributed by atoms with Crippen molar-refractivity contribution in [1.82, 2.24) is 14.7 Å². The summed E-state index contributed by atoms with van der Waals surface area (Å²) in [5, 5.41) is 9.20. The molecule has 7 nitrogen and oxygen atoms in total. The third-order valence-corrected chi connectivity index (χ3v) is 6.45. The second-order valence-corrected chi connectivity index (χ2v) is 8.43. The summed E-state index contributed by atoms with van der Waals surface area (Å²) in [6.45, 7) is 8.69. The summed E-state index contributed by atoms with van der Waals surface area (Å²) in [6.07, 6.45) is 1.78. The van der Waals surface area contributed by atoms with E-state index in [2.05, 4.69) is 4.90 Å². The van der Waals surface area contributed by atoms with Crippen molar-refractivity contribution in [2.45, 2.75) is 32.8 Å².